The standard InChI is InChI=1S/C21H27NO4/c1-5-24-11-12-25-19-8-6-7-18(14-19)22-21(23)17(4)26-20-13-15(2)9-10-16(20)3/h6-10,13-14,17H,5,11-12H2,1-4H3,(H,22,23). The summed E-state index contributed by atoms with van der Waals surface area (Å²) in [6.07, 6.45) is -0.613. The number of rotatable bonds is 9. The van der Waals surface area contributed by atoms with Crippen LogP contribution in [0.15, 0.2) is 42.5 Å². The fourth-order valence-electron chi connectivity index (χ4n) is 2.35. The monoisotopic (exact) mass is 357 g/mol. The molecule has 1 atom stereocenters. The topological polar surface area (TPSA) is 56.8 Å². The summed E-state index contributed by atoms with van der Waals surface area (Å²) < 4.78 is 16.7. The number of hydrogen-bond acceptors (Lipinski definition) is 4. The first kappa shape index (κ1) is 19.8. The molecule has 0 aliphatic rings. The summed E-state index contributed by atoms with van der Waals surface area (Å²) in [5.41, 5.74) is 2.76. The number of carbonyl (C=O) groups is 1. The molecule has 1 N–H and O–H groups in total. The van der Waals surface area contributed by atoms with Crippen LogP contribution in [0.1, 0.15) is 25.0 Å². The van der Waals surface area contributed by atoms with Crippen LogP contribution in [0, 0.1) is 13.8 Å². The normalized spacial score (nSPS) is 11.7. The van der Waals surface area contributed by atoms with Gasteiger partial charge in [-0.2, -0.15) is 0 Å². The van der Waals surface area contributed by atoms with Gasteiger partial charge >= 0.3 is 0 Å². The number of ether oxygens (including phenoxy) is 3. The maximum atomic E-state index is 12.4. The quantitative estimate of drug-likeness (QED) is 0.686. The van der Waals surface area contributed by atoms with Crippen molar-refractivity contribution >= 4 is 11.6 Å². The maximum Gasteiger partial charge on any atom is 0.265 e. The van der Waals surface area contributed by atoms with E-state index in [4.69, 9.17) is 14.2 Å². The highest BCUT2D eigenvalue weighted by atomic mass is 16.5. The predicted molar refractivity (Wildman–Crippen MR) is 103 cm³/mol. The van der Waals surface area contributed by atoms with Crippen LogP contribution < -0.4 is 14.8 Å². The molecule has 0 saturated carbocycles. The Bertz CT molecular complexity index is 730. The van der Waals surface area contributed by atoms with E-state index in [1.807, 2.05) is 57.2 Å². The first-order chi connectivity index (χ1) is 12.5. The van der Waals surface area contributed by atoms with Gasteiger partial charge in [0.1, 0.15) is 18.1 Å². The molecule has 0 bridgehead atoms. The Morgan fingerprint density at radius 2 is 1.92 bits per heavy atom. The zero-order chi connectivity index (χ0) is 18.9. The second-order valence-electron chi connectivity index (χ2n) is 6.09. The molecule has 0 aliphatic carbocycles. The van der Waals surface area contributed by atoms with Crippen LogP contribution in [0.2, 0.25) is 0 Å². The second kappa shape index (κ2) is 9.82. The Hall–Kier alpha value is -2.53. The van der Waals surface area contributed by atoms with Crippen molar-refractivity contribution in [1.29, 1.82) is 0 Å². The van der Waals surface area contributed by atoms with Gasteiger partial charge < -0.3 is 19.5 Å². The summed E-state index contributed by atoms with van der Waals surface area (Å²) in [6, 6.07) is 13.2. The lowest BCUT2D eigenvalue weighted by Gasteiger charge is -2.17. The zero-order valence-corrected chi connectivity index (χ0v) is 15.9. The summed E-state index contributed by atoms with van der Waals surface area (Å²) in [7, 11) is 0. The third-order valence-electron chi connectivity index (χ3n) is 3.82. The molecule has 2 aromatic carbocycles. The Kier molecular flexibility index (Phi) is 7.48. The highest BCUT2D eigenvalue weighted by molar-refractivity contribution is 5.94. The molecule has 0 spiro atoms. The molecular weight excluding hydrogens is 330 g/mol. The fourth-order valence-corrected chi connectivity index (χ4v) is 2.35. The van der Waals surface area contributed by atoms with Crippen molar-refractivity contribution in [1.82, 2.24) is 0 Å². The minimum atomic E-state index is -0.613. The number of aryl methyl sites for hydroxylation is 2. The molecule has 1 unspecified atom stereocenters. The van der Waals surface area contributed by atoms with Gasteiger partial charge in [-0.05, 0) is 57.0 Å². The minimum absolute atomic E-state index is 0.211. The van der Waals surface area contributed by atoms with Crippen LogP contribution in [-0.2, 0) is 9.53 Å². The van der Waals surface area contributed by atoms with E-state index >= 15 is 0 Å². The highest BCUT2D eigenvalue weighted by Gasteiger charge is 2.16. The Morgan fingerprint density at radius 3 is 2.69 bits per heavy atom. The molecule has 2 rings (SSSR count). The Balaban J connectivity index is 1.92. The summed E-state index contributed by atoms with van der Waals surface area (Å²) >= 11 is 0. The number of amides is 1. The van der Waals surface area contributed by atoms with Crippen LogP contribution >= 0.6 is 0 Å². The van der Waals surface area contributed by atoms with Crippen molar-refractivity contribution < 1.29 is 19.0 Å². The molecule has 0 aliphatic heterocycles. The van der Waals surface area contributed by atoms with Gasteiger partial charge in [-0.3, -0.25) is 4.79 Å². The van der Waals surface area contributed by atoms with E-state index in [0.29, 0.717) is 31.3 Å². The zero-order valence-electron chi connectivity index (χ0n) is 15.9. The summed E-state index contributed by atoms with van der Waals surface area (Å²) in [4.78, 5) is 12.4. The van der Waals surface area contributed by atoms with Gasteiger partial charge in [-0.1, -0.05) is 18.2 Å². The van der Waals surface area contributed by atoms with E-state index in [-0.39, 0.29) is 5.91 Å². The first-order valence-corrected chi connectivity index (χ1v) is 8.85. The van der Waals surface area contributed by atoms with Gasteiger partial charge in [0.05, 0.1) is 6.61 Å². The number of hydrogen-bond donors (Lipinski definition) is 1. The molecule has 0 saturated heterocycles. The van der Waals surface area contributed by atoms with Crippen molar-refractivity contribution in [2.75, 3.05) is 25.1 Å². The number of nitrogens with one attached hydrogen (secondary N) is 1. The van der Waals surface area contributed by atoms with E-state index in [0.717, 1.165) is 16.9 Å². The third-order valence-corrected chi connectivity index (χ3v) is 3.82. The van der Waals surface area contributed by atoms with Crippen LogP contribution in [0.4, 0.5) is 5.69 Å². The third kappa shape index (κ3) is 6.08. The lowest BCUT2D eigenvalue weighted by atomic mass is 10.1. The van der Waals surface area contributed by atoms with E-state index in [9.17, 15) is 4.79 Å². The summed E-state index contributed by atoms with van der Waals surface area (Å²) in [5.74, 6) is 1.20. The van der Waals surface area contributed by atoms with Crippen molar-refractivity contribution in [2.45, 2.75) is 33.8 Å². The van der Waals surface area contributed by atoms with Gasteiger partial charge in [-0.15, -0.1) is 0 Å². The molecule has 140 valence electrons. The largest absolute Gasteiger partial charge is 0.491 e. The van der Waals surface area contributed by atoms with Gasteiger partial charge in [0.2, 0.25) is 0 Å². The fraction of sp³-hybridized carbons (Fsp3) is 0.381. The van der Waals surface area contributed by atoms with Gasteiger partial charge in [0, 0.05) is 18.4 Å². The number of anilines is 1. The van der Waals surface area contributed by atoms with E-state index < -0.39 is 6.10 Å². The molecule has 0 heterocycles. The molecule has 0 fully saturated rings. The Labute approximate surface area is 155 Å². The molecule has 2 aromatic rings. The first-order valence-electron chi connectivity index (χ1n) is 8.85. The van der Waals surface area contributed by atoms with Crippen LogP contribution in [0.5, 0.6) is 11.5 Å². The van der Waals surface area contributed by atoms with Crippen molar-refractivity contribution in [2.24, 2.45) is 0 Å². The average molecular weight is 357 g/mol. The number of benzene rings is 2. The predicted octanol–water partition coefficient (Wildman–Crippen LogP) is 4.12. The summed E-state index contributed by atoms with van der Waals surface area (Å²) in [6.45, 7) is 9.30. The van der Waals surface area contributed by atoms with Crippen molar-refractivity contribution in [3.8, 4) is 11.5 Å². The van der Waals surface area contributed by atoms with Crippen LogP contribution in [0.3, 0.4) is 0 Å². The molecule has 5 heteroatoms. The van der Waals surface area contributed by atoms with Crippen LogP contribution in [-0.4, -0.2) is 31.8 Å². The van der Waals surface area contributed by atoms with Gasteiger partial charge in [0.15, 0.2) is 6.10 Å². The van der Waals surface area contributed by atoms with E-state index in [1.165, 1.54) is 0 Å². The Morgan fingerprint density at radius 1 is 1.12 bits per heavy atom. The van der Waals surface area contributed by atoms with E-state index in [1.54, 1.807) is 13.0 Å². The molecule has 0 aromatic heterocycles. The molecule has 1 amide bonds. The average Bonchev–Trinajstić information content (AvgIpc) is 2.62. The van der Waals surface area contributed by atoms with Crippen molar-refractivity contribution in [3.63, 3.8) is 0 Å². The van der Waals surface area contributed by atoms with E-state index in [2.05, 4.69) is 5.32 Å². The minimum Gasteiger partial charge on any atom is -0.491 e. The smallest absolute Gasteiger partial charge is 0.265 e. The molecule has 0 radical (unpaired) electrons. The van der Waals surface area contributed by atoms with Crippen molar-refractivity contribution in [3.05, 3.63) is 53.6 Å². The van der Waals surface area contributed by atoms with Gasteiger partial charge in [0.25, 0.3) is 5.91 Å². The molecular formula is C21H27NO4. The molecule has 26 heavy (non-hydrogen) atoms. The second-order valence-corrected chi connectivity index (χ2v) is 6.09. The van der Waals surface area contributed by atoms with Gasteiger partial charge in [-0.25, -0.2) is 0 Å². The SMILES string of the molecule is CCOCCOc1cccc(NC(=O)C(C)Oc2cc(C)ccc2C)c1. The highest BCUT2D eigenvalue weighted by Crippen LogP contribution is 2.21. The number of carbonyl (C=O) groups excluding carboxylic acids is 1. The summed E-state index contributed by atoms with van der Waals surface area (Å²) in [5, 5.41) is 2.86. The lowest BCUT2D eigenvalue weighted by Crippen LogP contribution is -2.30. The van der Waals surface area contributed by atoms with Crippen LogP contribution in [0.25, 0.3) is 0 Å². The maximum absolute atomic E-state index is 12.4. The lowest BCUT2D eigenvalue weighted by molar-refractivity contribution is -0.122. The molecule has 5 nitrogen and oxygen atoms in total.